The number of aromatic nitrogens is 4. The van der Waals surface area contributed by atoms with Gasteiger partial charge in [-0.1, -0.05) is 20.8 Å². The third kappa shape index (κ3) is 6.04. The standard InChI is InChI=1S/C37H42N4O8/c1-9-20-27-16-29-37(5,10-2)35(45)28(39-29)15-26-23(17-42)19(4)24(38-26)14-25-18(3)21(11-12-30(43)47-6)33(40-25)22(13-31(44)48-7)34(41-27)32(20)36(46)49-8/h14-18,21,38,41H,9-13H2,1-8H3/t18-,21-,37?/m0/s1. The summed E-state index contributed by atoms with van der Waals surface area (Å²) in [5.41, 5.74) is 5.05. The summed E-state index contributed by atoms with van der Waals surface area (Å²) in [5.74, 6) is -2.38. The molecule has 0 spiro atoms. The van der Waals surface area contributed by atoms with Gasteiger partial charge in [0.05, 0.1) is 61.1 Å². The number of methoxy groups -OCH3 is 3. The molecule has 0 radical (unpaired) electrons. The molecule has 0 saturated heterocycles. The average Bonchev–Trinajstić information content (AvgIpc) is 3.78. The lowest BCUT2D eigenvalue weighted by Crippen LogP contribution is -2.27. The van der Waals surface area contributed by atoms with E-state index in [-0.39, 0.29) is 41.7 Å². The number of aromatic amines is 2. The summed E-state index contributed by atoms with van der Waals surface area (Å²) < 4.78 is 15.4. The van der Waals surface area contributed by atoms with Gasteiger partial charge in [0.2, 0.25) is 0 Å². The monoisotopic (exact) mass is 670 g/mol. The molecule has 0 fully saturated rings. The highest BCUT2D eigenvalue weighted by Gasteiger charge is 2.41. The van der Waals surface area contributed by atoms with E-state index >= 15 is 0 Å². The SMILES string of the molecule is CCc1c(C(=O)OC)c2[nH]c1cc1nc(cc3[nH]c(cc4nc(c2CC(=O)OC)[C@@H](CCC(=O)OC)[C@@H]4C)c(C)c3C=O)C(=O)C1(C)CC. The summed E-state index contributed by atoms with van der Waals surface area (Å²) >= 11 is 0. The zero-order valence-corrected chi connectivity index (χ0v) is 29.2. The van der Waals surface area contributed by atoms with Crippen molar-refractivity contribution in [2.24, 2.45) is 0 Å². The van der Waals surface area contributed by atoms with Crippen molar-refractivity contribution in [2.45, 2.75) is 84.0 Å². The topological polar surface area (TPSA) is 170 Å². The molecule has 0 aliphatic carbocycles. The second-order valence-corrected chi connectivity index (χ2v) is 12.7. The van der Waals surface area contributed by atoms with E-state index < -0.39 is 23.3 Å². The zero-order valence-electron chi connectivity index (χ0n) is 29.2. The minimum Gasteiger partial charge on any atom is -0.469 e. The number of ether oxygens (including phenoxy) is 3. The Labute approximate surface area is 284 Å². The van der Waals surface area contributed by atoms with Crippen LogP contribution in [0.1, 0.15) is 124 Å². The molecule has 49 heavy (non-hydrogen) atoms. The molecule has 5 heterocycles. The maximum atomic E-state index is 13.9. The largest absolute Gasteiger partial charge is 0.469 e. The summed E-state index contributed by atoms with van der Waals surface area (Å²) in [4.78, 5) is 81.9. The molecule has 0 amide bonds. The van der Waals surface area contributed by atoms with Gasteiger partial charge in [-0.3, -0.25) is 24.2 Å². The molecule has 0 aromatic carbocycles. The van der Waals surface area contributed by atoms with E-state index in [0.29, 0.717) is 80.7 Å². The summed E-state index contributed by atoms with van der Waals surface area (Å²) in [6.07, 6.45) is 1.79. The number of carbonyl (C=O) groups is 5. The Hall–Kier alpha value is -5.13. The molecule has 3 atom stereocenters. The number of hydrogen-bond donors (Lipinski definition) is 2. The van der Waals surface area contributed by atoms with E-state index in [9.17, 15) is 24.0 Å². The van der Waals surface area contributed by atoms with E-state index in [0.717, 1.165) is 6.29 Å². The normalized spacial score (nSPS) is 18.7. The fourth-order valence-corrected chi connectivity index (χ4v) is 6.93. The van der Waals surface area contributed by atoms with Crippen molar-refractivity contribution in [1.82, 2.24) is 19.9 Å². The van der Waals surface area contributed by atoms with Crippen LogP contribution >= 0.6 is 0 Å². The van der Waals surface area contributed by atoms with Crippen molar-refractivity contribution in [3.8, 4) is 0 Å². The number of fused-ring (bicyclic) bond motifs is 8. The Morgan fingerprint density at radius 1 is 0.939 bits per heavy atom. The van der Waals surface area contributed by atoms with Crippen LogP contribution in [0.5, 0.6) is 0 Å². The highest BCUT2D eigenvalue weighted by Crippen LogP contribution is 2.43. The predicted molar refractivity (Wildman–Crippen MR) is 182 cm³/mol. The van der Waals surface area contributed by atoms with E-state index in [1.807, 2.05) is 33.8 Å². The first-order valence-electron chi connectivity index (χ1n) is 16.4. The Morgan fingerprint density at radius 2 is 1.65 bits per heavy atom. The fraction of sp³-hybridized carbons (Fsp3) is 0.432. The maximum absolute atomic E-state index is 13.9. The first kappa shape index (κ1) is 35.2. The number of hydrogen-bond acceptors (Lipinski definition) is 10. The third-order valence-electron chi connectivity index (χ3n) is 10.2. The molecule has 8 bridgehead atoms. The van der Waals surface area contributed by atoms with Gasteiger partial charge in [-0.15, -0.1) is 0 Å². The Bertz CT molecular complexity index is 2040. The molecule has 2 aliphatic rings. The Balaban J connectivity index is 2.06. The van der Waals surface area contributed by atoms with E-state index in [1.165, 1.54) is 21.3 Å². The molecule has 5 rings (SSSR count). The fourth-order valence-electron chi connectivity index (χ4n) is 6.93. The number of H-pyrrole nitrogens is 2. The number of aldehydes is 1. The van der Waals surface area contributed by atoms with Crippen molar-refractivity contribution in [3.05, 3.63) is 68.8 Å². The van der Waals surface area contributed by atoms with Gasteiger partial charge in [0.15, 0.2) is 12.1 Å². The number of esters is 3. The highest BCUT2D eigenvalue weighted by atomic mass is 16.5. The van der Waals surface area contributed by atoms with Crippen molar-refractivity contribution in [3.63, 3.8) is 0 Å². The van der Waals surface area contributed by atoms with Crippen molar-refractivity contribution >= 4 is 52.0 Å². The maximum Gasteiger partial charge on any atom is 0.340 e. The van der Waals surface area contributed by atoms with Crippen LogP contribution in [0.4, 0.5) is 0 Å². The smallest absolute Gasteiger partial charge is 0.340 e. The number of ketones is 1. The molecule has 2 aliphatic heterocycles. The average molecular weight is 671 g/mol. The molecule has 1 unspecified atom stereocenters. The van der Waals surface area contributed by atoms with Crippen LogP contribution in [0.25, 0.3) is 22.1 Å². The van der Waals surface area contributed by atoms with Gasteiger partial charge >= 0.3 is 17.9 Å². The third-order valence-corrected chi connectivity index (χ3v) is 10.2. The minimum absolute atomic E-state index is 0.0924. The Kier molecular flexibility index (Phi) is 9.89. The summed E-state index contributed by atoms with van der Waals surface area (Å²) in [6, 6.07) is 5.21. The van der Waals surface area contributed by atoms with Crippen molar-refractivity contribution in [1.29, 1.82) is 0 Å². The number of rotatable bonds is 9. The number of carbonyl (C=O) groups excluding carboxylic acids is 5. The lowest BCUT2D eigenvalue weighted by atomic mass is 9.80. The van der Waals surface area contributed by atoms with Gasteiger partial charge < -0.3 is 24.2 Å². The second kappa shape index (κ2) is 13.8. The van der Waals surface area contributed by atoms with Crippen LogP contribution in [0.15, 0.2) is 18.2 Å². The van der Waals surface area contributed by atoms with Crippen LogP contribution in [0.3, 0.4) is 0 Å². The minimum atomic E-state index is -0.995. The van der Waals surface area contributed by atoms with Crippen LogP contribution < -0.4 is 0 Å². The molecule has 0 saturated carbocycles. The second-order valence-electron chi connectivity index (χ2n) is 12.7. The van der Waals surface area contributed by atoms with E-state index in [2.05, 4.69) is 9.97 Å². The van der Waals surface area contributed by atoms with Crippen LogP contribution in [-0.4, -0.2) is 71.2 Å². The van der Waals surface area contributed by atoms with Gasteiger partial charge in [0, 0.05) is 46.1 Å². The quantitative estimate of drug-likeness (QED) is 0.159. The molecule has 3 aromatic rings. The summed E-state index contributed by atoms with van der Waals surface area (Å²) in [5, 5.41) is 0. The Morgan fingerprint density at radius 3 is 2.27 bits per heavy atom. The predicted octanol–water partition coefficient (Wildman–Crippen LogP) is 5.89. The van der Waals surface area contributed by atoms with Gasteiger partial charge in [0.1, 0.15) is 5.69 Å². The number of nitrogens with one attached hydrogen (secondary N) is 2. The lowest BCUT2D eigenvalue weighted by Gasteiger charge is -2.19. The molecule has 12 heteroatoms. The first-order chi connectivity index (χ1) is 23.4. The van der Waals surface area contributed by atoms with E-state index in [1.54, 1.807) is 19.1 Å². The highest BCUT2D eigenvalue weighted by molar-refractivity contribution is 6.07. The van der Waals surface area contributed by atoms with Crippen LogP contribution in [0.2, 0.25) is 0 Å². The van der Waals surface area contributed by atoms with Crippen LogP contribution in [0, 0.1) is 6.92 Å². The molecular weight excluding hydrogens is 628 g/mol. The molecule has 258 valence electrons. The van der Waals surface area contributed by atoms with Crippen molar-refractivity contribution in [2.75, 3.05) is 21.3 Å². The molecular formula is C37H42N4O8. The number of aryl methyl sites for hydroxylation is 2. The van der Waals surface area contributed by atoms with Crippen LogP contribution in [-0.2, 0) is 42.1 Å². The summed E-state index contributed by atoms with van der Waals surface area (Å²) in [7, 11) is 3.90. The van der Waals surface area contributed by atoms with E-state index in [4.69, 9.17) is 24.2 Å². The zero-order chi connectivity index (χ0) is 35.8. The molecule has 3 aromatic heterocycles. The van der Waals surface area contributed by atoms with Gasteiger partial charge in [-0.2, -0.15) is 0 Å². The summed E-state index contributed by atoms with van der Waals surface area (Å²) in [6.45, 7) is 9.40. The number of nitrogens with zero attached hydrogens (tertiary/aromatic N) is 2. The van der Waals surface area contributed by atoms with Gasteiger partial charge in [-0.25, -0.2) is 9.78 Å². The molecule has 12 nitrogen and oxygen atoms in total. The number of Topliss-reactive ketones (excluding diaryl/α,β-unsaturated/α-hetero) is 1. The van der Waals surface area contributed by atoms with Gasteiger partial charge in [0.25, 0.3) is 0 Å². The van der Waals surface area contributed by atoms with Gasteiger partial charge in [-0.05, 0) is 62.4 Å². The lowest BCUT2D eigenvalue weighted by molar-refractivity contribution is -0.141. The van der Waals surface area contributed by atoms with Crippen molar-refractivity contribution < 1.29 is 38.2 Å². The first-order valence-corrected chi connectivity index (χ1v) is 16.4. The molecule has 2 N–H and O–H groups in total.